The van der Waals surface area contributed by atoms with Gasteiger partial charge in [-0.2, -0.15) is 0 Å². The standard InChI is InChI=1S/C43H60N2O12/c1-9-11-13-21-31-42(6,7)38(50)39(51)43(54,57-31)28(10-2)40(52)44-23-17-16-19-26(4)36(55-8)27(5)37-35(49)34(48)30(56-37)20-15-12-14-18-25(3)33(47)32-29(46)22-24-45-41(32)53/h9,11-22,24,27-28,30-31,34-39,48-51,54H,10,23H2,1-8H3,(H,44,52)(H2,45,46,53)/b11-9+,14-12+,17-16+,20-15+,21-13+,25-18+,26-19+/t27-,28-,30+,31+,34+,35+,36-,37-,38+,39-,43-/m1/s1. The number of aromatic amines is 1. The Morgan fingerprint density at radius 3 is 2.32 bits per heavy atom. The number of aromatic nitrogens is 1. The van der Waals surface area contributed by atoms with Crippen molar-refractivity contribution in [3.63, 3.8) is 0 Å². The van der Waals surface area contributed by atoms with Crippen LogP contribution in [0.1, 0.15) is 65.2 Å². The van der Waals surface area contributed by atoms with E-state index in [-0.39, 0.29) is 24.1 Å². The van der Waals surface area contributed by atoms with Gasteiger partial charge in [-0.25, -0.2) is 0 Å². The summed E-state index contributed by atoms with van der Waals surface area (Å²) in [5, 5.41) is 67.8. The fourth-order valence-corrected chi connectivity index (χ4v) is 7.12. The van der Waals surface area contributed by atoms with Gasteiger partial charge in [0, 0.05) is 31.2 Å². The van der Waals surface area contributed by atoms with Crippen LogP contribution in [0, 0.1) is 17.3 Å². The molecular weight excluding hydrogens is 736 g/mol. The molecule has 0 saturated carbocycles. The van der Waals surface area contributed by atoms with E-state index in [0.29, 0.717) is 0 Å². The number of amides is 1. The molecule has 0 aliphatic carbocycles. The Morgan fingerprint density at radius 2 is 1.68 bits per heavy atom. The van der Waals surface area contributed by atoms with Crippen molar-refractivity contribution in [1.29, 1.82) is 0 Å². The van der Waals surface area contributed by atoms with Crippen molar-refractivity contribution in [3.05, 3.63) is 112 Å². The summed E-state index contributed by atoms with van der Waals surface area (Å²) in [6, 6.07) is 1.22. The van der Waals surface area contributed by atoms with Gasteiger partial charge in [0.05, 0.1) is 30.3 Å². The first kappa shape index (κ1) is 47.1. The second-order valence-corrected chi connectivity index (χ2v) is 15.0. The predicted octanol–water partition coefficient (Wildman–Crippen LogP) is 3.07. The molecule has 314 valence electrons. The number of hydrogen-bond donors (Lipinski definition) is 8. The molecule has 0 spiro atoms. The van der Waals surface area contributed by atoms with Gasteiger partial charge in [-0.05, 0) is 44.4 Å². The Bertz CT molecular complexity index is 1810. The van der Waals surface area contributed by atoms with Gasteiger partial charge in [-0.15, -0.1) is 0 Å². The third kappa shape index (κ3) is 11.0. The first-order chi connectivity index (χ1) is 26.9. The summed E-state index contributed by atoms with van der Waals surface area (Å²) < 4.78 is 17.8. The third-order valence-electron chi connectivity index (χ3n) is 10.7. The zero-order chi connectivity index (χ0) is 42.7. The van der Waals surface area contributed by atoms with Gasteiger partial charge in [-0.1, -0.05) is 101 Å². The normalized spacial score (nSPS) is 30.2. The summed E-state index contributed by atoms with van der Waals surface area (Å²) in [6.07, 6.45) is 12.8. The molecule has 2 saturated heterocycles. The van der Waals surface area contributed by atoms with Crippen LogP contribution in [-0.4, -0.2) is 116 Å². The lowest BCUT2D eigenvalue weighted by atomic mass is 9.71. The number of Topliss-reactive ketones (excluding diaryl/α,β-unsaturated/α-hetero) is 1. The van der Waals surface area contributed by atoms with Crippen molar-refractivity contribution in [2.75, 3.05) is 13.7 Å². The molecule has 11 atom stereocenters. The minimum atomic E-state index is -2.34. The van der Waals surface area contributed by atoms with Crippen LogP contribution in [-0.2, 0) is 19.0 Å². The number of nitrogens with one attached hydrogen (secondary N) is 2. The van der Waals surface area contributed by atoms with E-state index in [0.717, 1.165) is 5.57 Å². The van der Waals surface area contributed by atoms with Gasteiger partial charge in [0.2, 0.25) is 11.7 Å². The Kier molecular flexibility index (Phi) is 17.3. The highest BCUT2D eigenvalue weighted by Gasteiger charge is 2.60. The van der Waals surface area contributed by atoms with Crippen molar-refractivity contribution in [2.45, 2.75) is 110 Å². The summed E-state index contributed by atoms with van der Waals surface area (Å²) in [7, 11) is 1.52. The first-order valence-electron chi connectivity index (χ1n) is 19.1. The second-order valence-electron chi connectivity index (χ2n) is 15.0. The number of carbonyl (C=O) groups excluding carboxylic acids is 2. The van der Waals surface area contributed by atoms with Crippen molar-refractivity contribution in [3.8, 4) is 5.75 Å². The second kappa shape index (κ2) is 21.0. The van der Waals surface area contributed by atoms with Crippen LogP contribution in [0.5, 0.6) is 5.75 Å². The summed E-state index contributed by atoms with van der Waals surface area (Å²) >= 11 is 0. The molecule has 0 aromatic carbocycles. The number of H-pyrrole nitrogens is 1. The molecule has 14 heteroatoms. The number of aliphatic hydroxyl groups excluding tert-OH is 4. The maximum Gasteiger partial charge on any atom is 0.262 e. The van der Waals surface area contributed by atoms with Crippen LogP contribution in [0.3, 0.4) is 0 Å². The molecule has 0 bridgehead atoms. The highest BCUT2D eigenvalue weighted by atomic mass is 16.7. The van der Waals surface area contributed by atoms with Crippen molar-refractivity contribution < 1.29 is 54.4 Å². The van der Waals surface area contributed by atoms with Crippen LogP contribution >= 0.6 is 0 Å². The zero-order valence-electron chi connectivity index (χ0n) is 33.9. The number of hydrogen-bond acceptors (Lipinski definition) is 12. The smallest absolute Gasteiger partial charge is 0.262 e. The Labute approximate surface area is 334 Å². The maximum atomic E-state index is 13.3. The molecule has 0 radical (unpaired) electrons. The number of rotatable bonds is 17. The molecule has 2 aliphatic rings. The minimum Gasteiger partial charge on any atom is -0.507 e. The topological polar surface area (TPSA) is 228 Å². The van der Waals surface area contributed by atoms with E-state index in [9.17, 15) is 45.0 Å². The van der Waals surface area contributed by atoms with Gasteiger partial charge in [-0.3, -0.25) is 14.4 Å². The Hall–Kier alpha value is -4.25. The van der Waals surface area contributed by atoms with Crippen LogP contribution in [0.2, 0.25) is 0 Å². The molecule has 3 rings (SSSR count). The lowest BCUT2D eigenvalue weighted by Gasteiger charge is -2.53. The predicted molar refractivity (Wildman–Crippen MR) is 215 cm³/mol. The zero-order valence-corrected chi connectivity index (χ0v) is 33.9. The third-order valence-corrected chi connectivity index (χ3v) is 10.7. The highest BCUT2D eigenvalue weighted by molar-refractivity contribution is 6.09. The van der Waals surface area contributed by atoms with Gasteiger partial charge in [0.1, 0.15) is 35.7 Å². The van der Waals surface area contributed by atoms with E-state index < -0.39 is 94.9 Å². The number of aliphatic hydroxyl groups is 5. The largest absolute Gasteiger partial charge is 0.507 e. The average molecular weight is 797 g/mol. The summed E-state index contributed by atoms with van der Waals surface area (Å²) in [5.41, 5.74) is -1.02. The van der Waals surface area contributed by atoms with Gasteiger partial charge >= 0.3 is 0 Å². The number of ketones is 1. The van der Waals surface area contributed by atoms with Gasteiger partial charge in [0.15, 0.2) is 5.78 Å². The van der Waals surface area contributed by atoms with Crippen molar-refractivity contribution >= 4 is 11.7 Å². The molecular formula is C43H60N2O12. The van der Waals surface area contributed by atoms with E-state index in [2.05, 4.69) is 10.3 Å². The molecule has 3 heterocycles. The lowest BCUT2D eigenvalue weighted by Crippen LogP contribution is -2.69. The van der Waals surface area contributed by atoms with Crippen LogP contribution in [0.4, 0.5) is 0 Å². The Balaban J connectivity index is 1.60. The van der Waals surface area contributed by atoms with Crippen molar-refractivity contribution in [1.82, 2.24) is 10.3 Å². The van der Waals surface area contributed by atoms with Gasteiger partial charge in [0.25, 0.3) is 5.56 Å². The number of ether oxygens (including phenoxy) is 3. The molecule has 2 aliphatic heterocycles. The summed E-state index contributed by atoms with van der Waals surface area (Å²) in [6.45, 7) is 12.2. The van der Waals surface area contributed by atoms with Crippen LogP contribution < -0.4 is 10.9 Å². The van der Waals surface area contributed by atoms with E-state index in [1.807, 2.05) is 26.8 Å². The fraction of sp³-hybridized carbons (Fsp3) is 0.512. The number of allylic oxidation sites excluding steroid dienone is 10. The molecule has 1 amide bonds. The van der Waals surface area contributed by atoms with Crippen LogP contribution in [0.25, 0.3) is 0 Å². The molecule has 1 aromatic heterocycles. The van der Waals surface area contributed by atoms with E-state index in [4.69, 9.17) is 14.2 Å². The maximum absolute atomic E-state index is 13.3. The van der Waals surface area contributed by atoms with Crippen LogP contribution in [0.15, 0.2) is 101 Å². The lowest BCUT2D eigenvalue weighted by molar-refractivity contribution is -0.359. The summed E-state index contributed by atoms with van der Waals surface area (Å²) in [5.74, 6) is -5.55. The fourth-order valence-electron chi connectivity index (χ4n) is 7.12. The van der Waals surface area contributed by atoms with E-state index in [1.54, 1.807) is 81.5 Å². The number of methoxy groups -OCH3 is 1. The molecule has 2 fully saturated rings. The van der Waals surface area contributed by atoms with E-state index in [1.165, 1.54) is 32.4 Å². The monoisotopic (exact) mass is 796 g/mol. The number of aromatic hydroxyl groups is 1. The number of carbonyl (C=O) groups is 2. The first-order valence-corrected chi connectivity index (χ1v) is 19.1. The summed E-state index contributed by atoms with van der Waals surface area (Å²) in [4.78, 5) is 40.2. The van der Waals surface area contributed by atoms with Gasteiger partial charge < -0.3 is 55.2 Å². The minimum absolute atomic E-state index is 0.0817. The van der Waals surface area contributed by atoms with E-state index >= 15 is 0 Å². The molecule has 1 aromatic rings. The molecule has 14 nitrogen and oxygen atoms in total. The average Bonchev–Trinajstić information content (AvgIpc) is 3.45. The van der Waals surface area contributed by atoms with Crippen molar-refractivity contribution in [2.24, 2.45) is 17.3 Å². The SMILES string of the molecule is C/C=C/C=C/[C@@H]1O[C@](O)([C@H](CC)C(=O)NC/C=C/C=C(\C)[C@@H](OC)[C@@H](C)[C@H]2O[C@@H](/C=C/C=C/C=C(\C)C(=O)c3c(O)cc[nH]c3=O)[C@H](O)[C@@H]2O)[C@H](O)[C@H](O)C1(C)C. The molecule has 0 unspecified atom stereocenters. The molecule has 57 heavy (non-hydrogen) atoms. The Morgan fingerprint density at radius 1 is 1.00 bits per heavy atom. The molecule has 8 N–H and O–H groups in total. The highest BCUT2D eigenvalue weighted by Crippen LogP contribution is 2.44. The quantitative estimate of drug-likeness (QED) is 0.0647. The number of pyridine rings is 1.